The van der Waals surface area contributed by atoms with Crippen molar-refractivity contribution in [2.45, 2.75) is 0 Å². The zero-order valence-corrected chi connectivity index (χ0v) is 12.0. The van der Waals surface area contributed by atoms with Crippen molar-refractivity contribution in [3.8, 4) is 17.6 Å². The summed E-state index contributed by atoms with van der Waals surface area (Å²) < 4.78 is 10.8. The lowest BCUT2D eigenvalue weighted by Crippen LogP contribution is -2.19. The van der Waals surface area contributed by atoms with Crippen LogP contribution in [0.3, 0.4) is 0 Å². The fourth-order valence-corrected chi connectivity index (χ4v) is 2.34. The predicted octanol–water partition coefficient (Wildman–Crippen LogP) is 3.23. The number of hydrogen-bond acceptors (Lipinski definition) is 4. The van der Waals surface area contributed by atoms with Crippen LogP contribution in [-0.2, 0) is 0 Å². The number of hydrogen-bond donors (Lipinski definition) is 0. The number of nitriles is 1. The molecule has 0 N–H and O–H groups in total. The average Bonchev–Trinajstić information content (AvgIpc) is 2.57. The van der Waals surface area contributed by atoms with Gasteiger partial charge in [-0.05, 0) is 42.0 Å². The van der Waals surface area contributed by atoms with Gasteiger partial charge in [-0.25, -0.2) is 0 Å². The van der Waals surface area contributed by atoms with Gasteiger partial charge in [0.15, 0.2) is 5.78 Å². The van der Waals surface area contributed by atoms with E-state index in [-0.39, 0.29) is 12.4 Å². The van der Waals surface area contributed by atoms with E-state index in [1.165, 1.54) is 0 Å². The molecule has 0 aromatic heterocycles. The second kappa shape index (κ2) is 5.74. The van der Waals surface area contributed by atoms with Gasteiger partial charge in [0.05, 0.1) is 24.3 Å². The number of nitrogens with zero attached hydrogens (tertiary/aromatic N) is 1. The second-order valence-electron chi connectivity index (χ2n) is 4.89. The Balaban J connectivity index is 1.98. The Bertz CT molecular complexity index is 815. The molecule has 0 fully saturated rings. The number of rotatable bonds is 2. The Labute approximate surface area is 128 Å². The first-order chi connectivity index (χ1) is 10.7. The van der Waals surface area contributed by atoms with Crippen molar-refractivity contribution in [3.63, 3.8) is 0 Å². The van der Waals surface area contributed by atoms with Crippen LogP contribution >= 0.6 is 0 Å². The molecule has 1 heterocycles. The molecule has 0 atom stereocenters. The van der Waals surface area contributed by atoms with Gasteiger partial charge in [-0.1, -0.05) is 12.1 Å². The van der Waals surface area contributed by atoms with E-state index in [1.54, 1.807) is 49.6 Å². The number of ether oxygens (including phenoxy) is 2. The van der Waals surface area contributed by atoms with Crippen LogP contribution in [0.1, 0.15) is 21.5 Å². The average molecular weight is 291 g/mol. The molecule has 0 amide bonds. The minimum atomic E-state index is -0.0810. The first kappa shape index (κ1) is 13.9. The molecular formula is C18H13NO3. The fourth-order valence-electron chi connectivity index (χ4n) is 2.34. The minimum absolute atomic E-state index is 0.0810. The third kappa shape index (κ3) is 2.57. The molecule has 0 saturated carbocycles. The highest BCUT2D eigenvalue weighted by molar-refractivity contribution is 6.14. The number of methoxy groups -OCH3 is 1. The smallest absolute Gasteiger partial charge is 0.196 e. The monoisotopic (exact) mass is 291 g/mol. The third-order valence-electron chi connectivity index (χ3n) is 3.46. The second-order valence-corrected chi connectivity index (χ2v) is 4.89. The van der Waals surface area contributed by atoms with Crippen molar-refractivity contribution in [1.82, 2.24) is 0 Å². The van der Waals surface area contributed by atoms with Crippen LogP contribution in [0.25, 0.3) is 6.08 Å². The van der Waals surface area contributed by atoms with Crippen LogP contribution in [0.2, 0.25) is 0 Å². The molecule has 3 rings (SSSR count). The van der Waals surface area contributed by atoms with Gasteiger partial charge in [-0.15, -0.1) is 0 Å². The fraction of sp³-hybridized carbons (Fsp3) is 0.111. The first-order valence-electron chi connectivity index (χ1n) is 6.77. The minimum Gasteiger partial charge on any atom is -0.497 e. The van der Waals surface area contributed by atoms with E-state index >= 15 is 0 Å². The molecule has 0 bridgehead atoms. The summed E-state index contributed by atoms with van der Waals surface area (Å²) in [4.78, 5) is 12.6. The molecule has 4 nitrogen and oxygen atoms in total. The highest BCUT2D eigenvalue weighted by Gasteiger charge is 2.23. The van der Waals surface area contributed by atoms with E-state index in [1.807, 2.05) is 6.07 Å². The molecule has 22 heavy (non-hydrogen) atoms. The molecule has 0 unspecified atom stereocenters. The number of carbonyl (C=O) groups excluding carboxylic acids is 1. The van der Waals surface area contributed by atoms with Gasteiger partial charge >= 0.3 is 0 Å². The summed E-state index contributed by atoms with van der Waals surface area (Å²) in [6.45, 7) is 0.217. The highest BCUT2D eigenvalue weighted by atomic mass is 16.5. The number of fused-ring (bicyclic) bond motifs is 1. The van der Waals surface area contributed by atoms with E-state index < -0.39 is 0 Å². The topological polar surface area (TPSA) is 59.3 Å². The molecule has 0 radical (unpaired) electrons. The van der Waals surface area contributed by atoms with Gasteiger partial charge in [0.25, 0.3) is 0 Å². The summed E-state index contributed by atoms with van der Waals surface area (Å²) in [5.41, 5.74) is 2.40. The Hall–Kier alpha value is -3.06. The Morgan fingerprint density at radius 3 is 2.91 bits per heavy atom. The van der Waals surface area contributed by atoms with Gasteiger partial charge < -0.3 is 9.47 Å². The Kier molecular flexibility index (Phi) is 3.63. The van der Waals surface area contributed by atoms with Crippen LogP contribution in [0.5, 0.6) is 11.5 Å². The van der Waals surface area contributed by atoms with E-state index in [0.717, 1.165) is 5.56 Å². The maximum atomic E-state index is 12.6. The lowest BCUT2D eigenvalue weighted by atomic mass is 9.98. The van der Waals surface area contributed by atoms with Crippen molar-refractivity contribution < 1.29 is 14.3 Å². The Morgan fingerprint density at radius 2 is 2.14 bits per heavy atom. The molecule has 1 aliphatic heterocycles. The molecule has 0 spiro atoms. The summed E-state index contributed by atoms with van der Waals surface area (Å²) in [6.07, 6.45) is 1.76. The van der Waals surface area contributed by atoms with Gasteiger partial charge in [-0.3, -0.25) is 4.79 Å². The number of ketones is 1. The van der Waals surface area contributed by atoms with Crippen LogP contribution in [-0.4, -0.2) is 19.5 Å². The van der Waals surface area contributed by atoms with E-state index in [0.29, 0.717) is 28.2 Å². The van der Waals surface area contributed by atoms with Crippen molar-refractivity contribution in [2.24, 2.45) is 0 Å². The summed E-state index contributed by atoms with van der Waals surface area (Å²) in [5, 5.41) is 8.93. The standard InChI is InChI=1S/C18H13NO3/c1-21-15-5-6-17-16(9-15)18(20)14(11-22-17)8-12-3-2-4-13(7-12)10-19/h2-9H,11H2,1H3. The van der Waals surface area contributed by atoms with Crippen molar-refractivity contribution in [3.05, 3.63) is 64.7 Å². The third-order valence-corrected chi connectivity index (χ3v) is 3.46. The lowest BCUT2D eigenvalue weighted by Gasteiger charge is -2.19. The molecule has 2 aromatic carbocycles. The van der Waals surface area contributed by atoms with Crippen molar-refractivity contribution in [2.75, 3.05) is 13.7 Å². The van der Waals surface area contributed by atoms with Crippen LogP contribution in [0, 0.1) is 11.3 Å². The van der Waals surface area contributed by atoms with Crippen LogP contribution in [0.4, 0.5) is 0 Å². The zero-order valence-electron chi connectivity index (χ0n) is 12.0. The molecule has 1 aliphatic rings. The Morgan fingerprint density at radius 1 is 1.27 bits per heavy atom. The van der Waals surface area contributed by atoms with E-state index in [4.69, 9.17) is 14.7 Å². The highest BCUT2D eigenvalue weighted by Crippen LogP contribution is 2.31. The SMILES string of the molecule is COc1ccc2c(c1)C(=O)C(=Cc1cccc(C#N)c1)CO2. The maximum absolute atomic E-state index is 12.6. The quantitative estimate of drug-likeness (QED) is 0.797. The summed E-state index contributed by atoms with van der Waals surface area (Å²) in [6, 6.07) is 14.4. The number of carbonyl (C=O) groups is 1. The summed E-state index contributed by atoms with van der Waals surface area (Å²) in [7, 11) is 1.56. The number of Topliss-reactive ketones (excluding diaryl/α,β-unsaturated/α-hetero) is 1. The molecular weight excluding hydrogens is 278 g/mol. The normalized spacial score (nSPS) is 14.9. The van der Waals surface area contributed by atoms with Gasteiger partial charge in [0.2, 0.25) is 0 Å². The van der Waals surface area contributed by atoms with Crippen molar-refractivity contribution in [1.29, 1.82) is 5.26 Å². The predicted molar refractivity (Wildman–Crippen MR) is 82.0 cm³/mol. The van der Waals surface area contributed by atoms with Crippen LogP contribution < -0.4 is 9.47 Å². The summed E-state index contributed by atoms with van der Waals surface area (Å²) in [5.74, 6) is 1.10. The van der Waals surface area contributed by atoms with E-state index in [2.05, 4.69) is 6.07 Å². The first-order valence-corrected chi connectivity index (χ1v) is 6.77. The van der Waals surface area contributed by atoms with Crippen molar-refractivity contribution >= 4 is 11.9 Å². The zero-order chi connectivity index (χ0) is 15.5. The largest absolute Gasteiger partial charge is 0.497 e. The molecule has 108 valence electrons. The maximum Gasteiger partial charge on any atom is 0.196 e. The molecule has 0 aliphatic carbocycles. The molecule has 0 saturated heterocycles. The lowest BCUT2D eigenvalue weighted by molar-refractivity contribution is 0.100. The van der Waals surface area contributed by atoms with Crippen LogP contribution in [0.15, 0.2) is 48.0 Å². The summed E-state index contributed by atoms with van der Waals surface area (Å²) >= 11 is 0. The van der Waals surface area contributed by atoms with Gasteiger partial charge in [0, 0.05) is 5.57 Å². The number of benzene rings is 2. The molecule has 4 heteroatoms. The molecule has 2 aromatic rings. The van der Waals surface area contributed by atoms with E-state index in [9.17, 15) is 4.79 Å². The van der Waals surface area contributed by atoms with Gasteiger partial charge in [0.1, 0.15) is 18.1 Å². The van der Waals surface area contributed by atoms with Gasteiger partial charge in [-0.2, -0.15) is 5.26 Å².